The Labute approximate surface area is 120 Å². The van der Waals surface area contributed by atoms with Gasteiger partial charge in [0.15, 0.2) is 0 Å². The lowest BCUT2D eigenvalue weighted by Crippen LogP contribution is -2.23. The van der Waals surface area contributed by atoms with Gasteiger partial charge >= 0.3 is 5.97 Å². The highest BCUT2D eigenvalue weighted by molar-refractivity contribution is 9.10. The van der Waals surface area contributed by atoms with Crippen LogP contribution in [0, 0.1) is 11.8 Å². The van der Waals surface area contributed by atoms with Crippen LogP contribution in [0.3, 0.4) is 0 Å². The molecule has 0 amide bonds. The van der Waals surface area contributed by atoms with E-state index in [9.17, 15) is 4.79 Å². The molecule has 0 bridgehead atoms. The second-order valence-electron chi connectivity index (χ2n) is 4.85. The van der Waals surface area contributed by atoms with Gasteiger partial charge in [0.1, 0.15) is 0 Å². The Morgan fingerprint density at radius 1 is 1.56 bits per heavy atom. The molecule has 0 aliphatic carbocycles. The zero-order valence-corrected chi connectivity index (χ0v) is 12.4. The van der Waals surface area contributed by atoms with Gasteiger partial charge in [0.05, 0.1) is 5.92 Å². The molecule has 1 aliphatic rings. The van der Waals surface area contributed by atoms with E-state index in [1.165, 1.54) is 0 Å². The molecule has 1 fully saturated rings. The van der Waals surface area contributed by atoms with Crippen LogP contribution in [0.4, 0.5) is 0 Å². The summed E-state index contributed by atoms with van der Waals surface area (Å²) >= 11 is 9.57. The van der Waals surface area contributed by atoms with E-state index in [2.05, 4.69) is 20.8 Å². The molecule has 5 heteroatoms. The maximum atomic E-state index is 11.1. The van der Waals surface area contributed by atoms with E-state index in [-0.39, 0.29) is 11.8 Å². The van der Waals surface area contributed by atoms with Crippen molar-refractivity contribution in [2.45, 2.75) is 13.5 Å². The predicted molar refractivity (Wildman–Crippen MR) is 74.7 cm³/mol. The highest BCUT2D eigenvalue weighted by atomic mass is 79.9. The minimum absolute atomic E-state index is 0.188. The topological polar surface area (TPSA) is 40.5 Å². The molecule has 1 aromatic rings. The fraction of sp³-hybridized carbons (Fsp3) is 0.462. The lowest BCUT2D eigenvalue weighted by Gasteiger charge is -2.16. The van der Waals surface area contributed by atoms with Crippen LogP contribution in [0.25, 0.3) is 0 Å². The summed E-state index contributed by atoms with van der Waals surface area (Å²) in [5, 5.41) is 9.83. The van der Waals surface area contributed by atoms with Crippen molar-refractivity contribution in [3.63, 3.8) is 0 Å². The third kappa shape index (κ3) is 3.05. The molecule has 2 rings (SSSR count). The summed E-state index contributed by atoms with van der Waals surface area (Å²) in [7, 11) is 0. The van der Waals surface area contributed by atoms with Crippen LogP contribution in [0.2, 0.25) is 5.02 Å². The number of carboxylic acid groups (broad SMARTS) is 1. The predicted octanol–water partition coefficient (Wildman–Crippen LogP) is 3.26. The van der Waals surface area contributed by atoms with Crippen molar-refractivity contribution in [2.75, 3.05) is 13.1 Å². The van der Waals surface area contributed by atoms with E-state index < -0.39 is 5.97 Å². The first kappa shape index (κ1) is 13.8. The summed E-state index contributed by atoms with van der Waals surface area (Å²) in [5.41, 5.74) is 1.03. The zero-order chi connectivity index (χ0) is 13.3. The van der Waals surface area contributed by atoms with Gasteiger partial charge in [-0.05, 0) is 29.7 Å². The second-order valence-corrected chi connectivity index (χ2v) is 6.17. The molecule has 0 radical (unpaired) electrons. The van der Waals surface area contributed by atoms with Crippen molar-refractivity contribution in [3.05, 3.63) is 33.3 Å². The number of aliphatic carboxylic acids is 1. The van der Waals surface area contributed by atoms with Gasteiger partial charge < -0.3 is 5.11 Å². The first-order chi connectivity index (χ1) is 8.47. The number of rotatable bonds is 3. The molecular formula is C13H15BrClNO2. The van der Waals surface area contributed by atoms with E-state index in [1.54, 1.807) is 0 Å². The van der Waals surface area contributed by atoms with Gasteiger partial charge in [0.2, 0.25) is 0 Å². The summed E-state index contributed by atoms with van der Waals surface area (Å²) in [6.45, 7) is 4.09. The molecule has 1 aromatic carbocycles. The largest absolute Gasteiger partial charge is 0.481 e. The Morgan fingerprint density at radius 2 is 2.28 bits per heavy atom. The van der Waals surface area contributed by atoms with Crippen LogP contribution in [0.5, 0.6) is 0 Å². The average Bonchev–Trinajstić information content (AvgIpc) is 2.65. The quantitative estimate of drug-likeness (QED) is 0.923. The number of hydrogen-bond donors (Lipinski definition) is 1. The van der Waals surface area contributed by atoms with Crippen molar-refractivity contribution >= 4 is 33.5 Å². The third-order valence-electron chi connectivity index (χ3n) is 3.41. The molecule has 0 unspecified atom stereocenters. The van der Waals surface area contributed by atoms with E-state index >= 15 is 0 Å². The van der Waals surface area contributed by atoms with Crippen molar-refractivity contribution < 1.29 is 9.90 Å². The van der Waals surface area contributed by atoms with Gasteiger partial charge in [-0.1, -0.05) is 34.5 Å². The fourth-order valence-corrected chi connectivity index (χ4v) is 3.01. The lowest BCUT2D eigenvalue weighted by atomic mass is 9.99. The number of likely N-dealkylation sites (tertiary alicyclic amines) is 1. The van der Waals surface area contributed by atoms with Crippen LogP contribution in [-0.4, -0.2) is 29.1 Å². The molecular weight excluding hydrogens is 318 g/mol. The number of hydrogen-bond acceptors (Lipinski definition) is 2. The van der Waals surface area contributed by atoms with Crippen LogP contribution in [0.15, 0.2) is 22.7 Å². The summed E-state index contributed by atoms with van der Waals surface area (Å²) in [6, 6.07) is 5.74. The van der Waals surface area contributed by atoms with Crippen LogP contribution < -0.4 is 0 Å². The fourth-order valence-electron chi connectivity index (χ4n) is 2.42. The number of halogens is 2. The molecule has 3 nitrogen and oxygen atoms in total. The summed E-state index contributed by atoms with van der Waals surface area (Å²) < 4.78 is 0.990. The first-order valence-corrected chi connectivity index (χ1v) is 7.03. The van der Waals surface area contributed by atoms with Gasteiger partial charge in [-0.25, -0.2) is 0 Å². The number of benzene rings is 1. The SMILES string of the molecule is C[C@@H]1CN(Cc2cc(Br)ccc2Cl)C[C@H]1C(=O)O. The Balaban J connectivity index is 2.07. The molecule has 0 saturated carbocycles. The van der Waals surface area contributed by atoms with E-state index in [1.807, 2.05) is 25.1 Å². The smallest absolute Gasteiger partial charge is 0.308 e. The van der Waals surface area contributed by atoms with Gasteiger partial charge in [0, 0.05) is 29.1 Å². The summed E-state index contributed by atoms with van der Waals surface area (Å²) in [4.78, 5) is 13.2. The molecule has 18 heavy (non-hydrogen) atoms. The second kappa shape index (κ2) is 5.59. The normalized spacial score (nSPS) is 24.4. The molecule has 1 aliphatic heterocycles. The Bertz CT molecular complexity index is 466. The minimum atomic E-state index is -0.703. The van der Waals surface area contributed by atoms with Crippen molar-refractivity contribution in [1.82, 2.24) is 4.90 Å². The number of carboxylic acids is 1. The van der Waals surface area contributed by atoms with Crippen LogP contribution >= 0.6 is 27.5 Å². The van der Waals surface area contributed by atoms with E-state index in [4.69, 9.17) is 16.7 Å². The molecule has 1 N–H and O–H groups in total. The van der Waals surface area contributed by atoms with Crippen LogP contribution in [-0.2, 0) is 11.3 Å². The zero-order valence-electron chi connectivity index (χ0n) is 10.1. The molecule has 98 valence electrons. The van der Waals surface area contributed by atoms with Gasteiger partial charge in [-0.15, -0.1) is 0 Å². The summed E-state index contributed by atoms with van der Waals surface area (Å²) in [6.07, 6.45) is 0. The lowest BCUT2D eigenvalue weighted by molar-refractivity contribution is -0.142. The van der Waals surface area contributed by atoms with Crippen LogP contribution in [0.1, 0.15) is 12.5 Å². The Kier molecular flexibility index (Phi) is 4.30. The molecule has 0 spiro atoms. The van der Waals surface area contributed by atoms with Crippen molar-refractivity contribution in [3.8, 4) is 0 Å². The molecule has 1 saturated heterocycles. The number of carbonyl (C=O) groups is 1. The van der Waals surface area contributed by atoms with Crippen molar-refractivity contribution in [1.29, 1.82) is 0 Å². The minimum Gasteiger partial charge on any atom is -0.481 e. The maximum absolute atomic E-state index is 11.1. The monoisotopic (exact) mass is 331 g/mol. The molecule has 0 aromatic heterocycles. The van der Waals surface area contributed by atoms with E-state index in [0.29, 0.717) is 13.1 Å². The third-order valence-corrected chi connectivity index (χ3v) is 4.27. The van der Waals surface area contributed by atoms with E-state index in [0.717, 1.165) is 21.6 Å². The maximum Gasteiger partial charge on any atom is 0.308 e. The molecule has 2 atom stereocenters. The highest BCUT2D eigenvalue weighted by Gasteiger charge is 2.34. The van der Waals surface area contributed by atoms with Gasteiger partial charge in [-0.2, -0.15) is 0 Å². The van der Waals surface area contributed by atoms with Gasteiger partial charge in [-0.3, -0.25) is 9.69 Å². The average molecular weight is 333 g/mol. The highest BCUT2D eigenvalue weighted by Crippen LogP contribution is 2.28. The van der Waals surface area contributed by atoms with Crippen molar-refractivity contribution in [2.24, 2.45) is 11.8 Å². The Hall–Kier alpha value is -0.580. The summed E-state index contributed by atoms with van der Waals surface area (Å²) in [5.74, 6) is -0.783. The molecule has 1 heterocycles. The van der Waals surface area contributed by atoms with Gasteiger partial charge in [0.25, 0.3) is 0 Å². The first-order valence-electron chi connectivity index (χ1n) is 5.86. The number of nitrogens with zero attached hydrogens (tertiary/aromatic N) is 1. The Morgan fingerprint density at radius 3 is 2.89 bits per heavy atom. The standard InChI is InChI=1S/C13H15BrClNO2/c1-8-5-16(7-11(8)13(17)18)6-9-4-10(14)2-3-12(9)15/h2-4,8,11H,5-7H2,1H3,(H,17,18)/t8-,11-/m1/s1.